The Hall–Kier alpha value is -3.94. The first-order valence-corrected chi connectivity index (χ1v) is 10.4. The summed E-state index contributed by atoms with van der Waals surface area (Å²) in [6, 6.07) is 19.7. The summed E-state index contributed by atoms with van der Waals surface area (Å²) in [5.74, 6) is -0.412. The molecule has 2 aromatic carbocycles. The normalized spacial score (nSPS) is 14.2. The predicted molar refractivity (Wildman–Crippen MR) is 122 cm³/mol. The second-order valence-corrected chi connectivity index (χ2v) is 8.64. The Morgan fingerprint density at radius 2 is 1.56 bits per heavy atom. The number of nitrogens with one attached hydrogen (secondary N) is 1. The first-order valence-electron chi connectivity index (χ1n) is 10.4. The number of carbonyl (C=O) groups is 3. The van der Waals surface area contributed by atoms with Gasteiger partial charge in [-0.05, 0) is 24.3 Å². The van der Waals surface area contributed by atoms with Gasteiger partial charge in [0.05, 0.1) is 11.4 Å². The van der Waals surface area contributed by atoms with Crippen LogP contribution in [0.4, 0.5) is 16.3 Å². The number of nitrogens with zero attached hydrogens (tertiary/aromatic N) is 4. The Balaban J connectivity index is 1.54. The Morgan fingerprint density at radius 3 is 2.16 bits per heavy atom. The van der Waals surface area contributed by atoms with E-state index in [4.69, 9.17) is 0 Å². The topological polar surface area (TPSA) is 87.5 Å². The Bertz CT molecular complexity index is 1150. The van der Waals surface area contributed by atoms with Gasteiger partial charge in [0.25, 0.3) is 5.91 Å². The first-order chi connectivity index (χ1) is 15.2. The van der Waals surface area contributed by atoms with Crippen LogP contribution in [-0.4, -0.2) is 45.6 Å². The van der Waals surface area contributed by atoms with Crippen LogP contribution in [0.1, 0.15) is 26.5 Å². The highest BCUT2D eigenvalue weighted by Gasteiger charge is 2.38. The molecule has 1 saturated heterocycles. The van der Waals surface area contributed by atoms with Crippen molar-refractivity contribution in [3.63, 3.8) is 0 Å². The van der Waals surface area contributed by atoms with Crippen LogP contribution in [0.2, 0.25) is 0 Å². The number of urea groups is 1. The van der Waals surface area contributed by atoms with E-state index in [0.717, 1.165) is 16.3 Å². The molecule has 0 atom stereocenters. The van der Waals surface area contributed by atoms with Crippen LogP contribution in [0.15, 0.2) is 66.7 Å². The number of anilines is 2. The summed E-state index contributed by atoms with van der Waals surface area (Å²) in [6.45, 7) is 5.65. The molecule has 2 heterocycles. The molecule has 1 aliphatic rings. The average molecular weight is 431 g/mol. The number of rotatable bonds is 5. The van der Waals surface area contributed by atoms with E-state index in [1.54, 1.807) is 28.9 Å². The van der Waals surface area contributed by atoms with Gasteiger partial charge in [-0.3, -0.25) is 19.4 Å². The van der Waals surface area contributed by atoms with Gasteiger partial charge in [-0.2, -0.15) is 5.10 Å². The van der Waals surface area contributed by atoms with Crippen molar-refractivity contribution in [2.75, 3.05) is 23.3 Å². The fourth-order valence-electron chi connectivity index (χ4n) is 3.43. The van der Waals surface area contributed by atoms with E-state index >= 15 is 0 Å². The lowest BCUT2D eigenvalue weighted by Gasteiger charge is -2.17. The molecule has 0 aliphatic carbocycles. The molecule has 1 aliphatic heterocycles. The van der Waals surface area contributed by atoms with Crippen molar-refractivity contribution in [3.05, 3.63) is 72.4 Å². The summed E-state index contributed by atoms with van der Waals surface area (Å²) in [6.07, 6.45) is 0. The van der Waals surface area contributed by atoms with Gasteiger partial charge >= 0.3 is 6.03 Å². The maximum Gasteiger partial charge on any atom is 0.332 e. The molecule has 8 heteroatoms. The second-order valence-electron chi connectivity index (χ2n) is 8.64. The molecule has 164 valence electrons. The molecule has 4 amide bonds. The SMILES string of the molecule is CC(C)(C)c1cc(NC(=O)CN2C(=O)CN(c3ccccc3)C2=O)n(-c2ccccc2)n1. The smallest absolute Gasteiger partial charge is 0.309 e. The van der Waals surface area contributed by atoms with Crippen molar-refractivity contribution in [1.29, 1.82) is 0 Å². The van der Waals surface area contributed by atoms with Gasteiger partial charge in [-0.1, -0.05) is 57.2 Å². The van der Waals surface area contributed by atoms with Crippen LogP contribution >= 0.6 is 0 Å². The molecule has 3 aromatic rings. The van der Waals surface area contributed by atoms with Crippen LogP contribution < -0.4 is 10.2 Å². The molecule has 8 nitrogen and oxygen atoms in total. The maximum atomic E-state index is 12.8. The molecule has 32 heavy (non-hydrogen) atoms. The van der Waals surface area contributed by atoms with E-state index in [1.165, 1.54) is 4.90 Å². The Morgan fingerprint density at radius 1 is 0.969 bits per heavy atom. The Kier molecular flexibility index (Phi) is 5.52. The van der Waals surface area contributed by atoms with Crippen LogP contribution in [-0.2, 0) is 15.0 Å². The number of carbonyl (C=O) groups excluding carboxylic acids is 3. The van der Waals surface area contributed by atoms with Crippen molar-refractivity contribution >= 4 is 29.4 Å². The van der Waals surface area contributed by atoms with E-state index in [9.17, 15) is 14.4 Å². The lowest BCUT2D eigenvalue weighted by atomic mass is 9.92. The minimum absolute atomic E-state index is 0.0910. The number of para-hydroxylation sites is 2. The van der Waals surface area contributed by atoms with Crippen molar-refractivity contribution in [2.45, 2.75) is 26.2 Å². The summed E-state index contributed by atoms with van der Waals surface area (Å²) in [5.41, 5.74) is 1.99. The fraction of sp³-hybridized carbons (Fsp3) is 0.250. The van der Waals surface area contributed by atoms with Gasteiger partial charge in [0.2, 0.25) is 5.91 Å². The maximum absolute atomic E-state index is 12.8. The molecule has 1 aromatic heterocycles. The highest BCUT2D eigenvalue weighted by Crippen LogP contribution is 2.26. The van der Waals surface area contributed by atoms with E-state index in [0.29, 0.717) is 11.5 Å². The third-order valence-electron chi connectivity index (χ3n) is 5.17. The fourth-order valence-corrected chi connectivity index (χ4v) is 3.43. The zero-order chi connectivity index (χ0) is 22.9. The van der Waals surface area contributed by atoms with Crippen molar-refractivity contribution in [2.24, 2.45) is 0 Å². The largest absolute Gasteiger partial charge is 0.332 e. The quantitative estimate of drug-likeness (QED) is 0.626. The van der Waals surface area contributed by atoms with Crippen LogP contribution in [0.5, 0.6) is 0 Å². The highest BCUT2D eigenvalue weighted by molar-refractivity contribution is 6.14. The zero-order valence-electron chi connectivity index (χ0n) is 18.3. The molecular formula is C24H25N5O3. The summed E-state index contributed by atoms with van der Waals surface area (Å²) >= 11 is 0. The lowest BCUT2D eigenvalue weighted by molar-refractivity contribution is -0.128. The van der Waals surface area contributed by atoms with E-state index in [-0.39, 0.29) is 18.5 Å². The molecule has 0 bridgehead atoms. The van der Waals surface area contributed by atoms with Gasteiger partial charge in [0.15, 0.2) is 0 Å². The van der Waals surface area contributed by atoms with Crippen LogP contribution in [0.25, 0.3) is 5.69 Å². The van der Waals surface area contributed by atoms with Crippen LogP contribution in [0, 0.1) is 0 Å². The molecule has 1 fully saturated rings. The number of hydrogen-bond acceptors (Lipinski definition) is 4. The van der Waals surface area contributed by atoms with Gasteiger partial charge in [0.1, 0.15) is 18.9 Å². The average Bonchev–Trinajstić information content (AvgIpc) is 3.31. The third kappa shape index (κ3) is 4.25. The van der Waals surface area contributed by atoms with E-state index in [2.05, 4.69) is 10.4 Å². The summed E-state index contributed by atoms with van der Waals surface area (Å²) in [7, 11) is 0. The number of aromatic nitrogens is 2. The number of imide groups is 1. The first kappa shape index (κ1) is 21.3. The van der Waals surface area contributed by atoms with Crippen molar-refractivity contribution < 1.29 is 14.4 Å². The lowest BCUT2D eigenvalue weighted by Crippen LogP contribution is -2.39. The van der Waals surface area contributed by atoms with Crippen LogP contribution in [0.3, 0.4) is 0 Å². The zero-order valence-corrected chi connectivity index (χ0v) is 18.3. The highest BCUT2D eigenvalue weighted by atomic mass is 16.2. The van der Waals surface area contributed by atoms with Gasteiger partial charge in [-0.15, -0.1) is 0 Å². The van der Waals surface area contributed by atoms with Gasteiger partial charge < -0.3 is 5.32 Å². The summed E-state index contributed by atoms with van der Waals surface area (Å²) in [5, 5.41) is 7.49. The summed E-state index contributed by atoms with van der Waals surface area (Å²) < 4.78 is 1.66. The minimum Gasteiger partial charge on any atom is -0.309 e. The molecule has 1 N–H and O–H groups in total. The molecular weight excluding hydrogens is 406 g/mol. The Labute approximate surface area is 186 Å². The predicted octanol–water partition coefficient (Wildman–Crippen LogP) is 3.58. The number of amides is 4. The van der Waals surface area contributed by atoms with Crippen molar-refractivity contribution in [1.82, 2.24) is 14.7 Å². The molecule has 0 spiro atoms. The van der Waals surface area contributed by atoms with E-state index < -0.39 is 17.8 Å². The molecule has 0 unspecified atom stereocenters. The molecule has 0 radical (unpaired) electrons. The molecule has 4 rings (SSSR count). The molecule has 0 saturated carbocycles. The number of benzene rings is 2. The summed E-state index contributed by atoms with van der Waals surface area (Å²) in [4.78, 5) is 40.4. The monoisotopic (exact) mass is 431 g/mol. The van der Waals surface area contributed by atoms with Gasteiger partial charge in [-0.25, -0.2) is 9.48 Å². The number of hydrogen-bond donors (Lipinski definition) is 1. The third-order valence-corrected chi connectivity index (χ3v) is 5.17. The second kappa shape index (κ2) is 8.30. The standard InChI is InChI=1S/C24H25N5O3/c1-24(2,3)19-14-20(29(26-19)18-12-8-5-9-13-18)25-21(30)15-28-22(31)16-27(23(28)32)17-10-6-4-7-11-17/h4-14H,15-16H2,1-3H3,(H,25,30). The van der Waals surface area contributed by atoms with Crippen molar-refractivity contribution in [3.8, 4) is 5.69 Å². The van der Waals surface area contributed by atoms with Gasteiger partial charge in [0, 0.05) is 17.2 Å². The van der Waals surface area contributed by atoms with E-state index in [1.807, 2.05) is 63.2 Å². The minimum atomic E-state index is -0.511.